The summed E-state index contributed by atoms with van der Waals surface area (Å²) in [5, 5.41) is 0. The van der Waals surface area contributed by atoms with Gasteiger partial charge in [-0.1, -0.05) is 44.5 Å². The average Bonchev–Trinajstić information content (AvgIpc) is 2.91. The topological polar surface area (TPSA) is 68.3 Å². The first kappa shape index (κ1) is 26.7. The van der Waals surface area contributed by atoms with Crippen LogP contribution in [-0.2, 0) is 20.9 Å². The Balaban J connectivity index is 1.64. The van der Waals surface area contributed by atoms with Crippen LogP contribution < -0.4 is 4.74 Å². The summed E-state index contributed by atoms with van der Waals surface area (Å²) in [5.74, 6) is 0.791. The minimum Gasteiger partial charge on any atom is -0.497 e. The molecule has 1 heterocycles. The molecule has 3 rings (SSSR count). The molecule has 1 fully saturated rings. The first-order valence-electron chi connectivity index (χ1n) is 12.4. The first-order valence-corrected chi connectivity index (χ1v) is 12.4. The van der Waals surface area contributed by atoms with E-state index in [9.17, 15) is 9.59 Å². The Hall–Kier alpha value is -2.90. The molecule has 0 aromatic heterocycles. The third-order valence-electron chi connectivity index (χ3n) is 6.54. The van der Waals surface area contributed by atoms with E-state index in [2.05, 4.69) is 17.9 Å². The van der Waals surface area contributed by atoms with E-state index in [-0.39, 0.29) is 23.9 Å². The van der Waals surface area contributed by atoms with Gasteiger partial charge < -0.3 is 19.1 Å². The Morgan fingerprint density at radius 2 is 1.71 bits per heavy atom. The number of nitrogens with zero attached hydrogens (tertiary/aromatic N) is 2. The Bertz CT molecular complexity index is 954. The molecule has 0 aliphatic carbocycles. The molecule has 1 amide bonds. The number of hydrogen-bond donors (Lipinski definition) is 0. The van der Waals surface area contributed by atoms with Crippen molar-refractivity contribution in [1.29, 1.82) is 0 Å². The monoisotopic (exact) mass is 482 g/mol. The van der Waals surface area contributed by atoms with Crippen LogP contribution in [0.4, 0.5) is 0 Å². The van der Waals surface area contributed by atoms with Gasteiger partial charge in [0, 0.05) is 38.6 Å². The Morgan fingerprint density at radius 3 is 2.34 bits per heavy atom. The Morgan fingerprint density at radius 1 is 1.00 bits per heavy atom. The van der Waals surface area contributed by atoms with Crippen LogP contribution in [0.15, 0.2) is 48.5 Å². The number of carbonyl (C=O) groups excluding carboxylic acids is 2. The van der Waals surface area contributed by atoms with E-state index in [1.807, 2.05) is 42.2 Å². The molecule has 1 aliphatic heterocycles. The van der Waals surface area contributed by atoms with Crippen molar-refractivity contribution in [2.75, 3.05) is 46.9 Å². The fraction of sp³-hybridized carbons (Fsp3) is 0.500. The van der Waals surface area contributed by atoms with Crippen LogP contribution in [0.5, 0.6) is 5.75 Å². The van der Waals surface area contributed by atoms with Crippen molar-refractivity contribution in [3.8, 4) is 5.75 Å². The van der Waals surface area contributed by atoms with Gasteiger partial charge in [0.05, 0.1) is 32.5 Å². The highest BCUT2D eigenvalue weighted by atomic mass is 16.5. The van der Waals surface area contributed by atoms with Crippen LogP contribution in [0, 0.1) is 5.92 Å². The Labute approximate surface area is 209 Å². The van der Waals surface area contributed by atoms with Crippen molar-refractivity contribution in [3.63, 3.8) is 0 Å². The van der Waals surface area contributed by atoms with Gasteiger partial charge in [-0.2, -0.15) is 0 Å². The summed E-state index contributed by atoms with van der Waals surface area (Å²) < 4.78 is 16.6. The summed E-state index contributed by atoms with van der Waals surface area (Å²) in [6.45, 7) is 8.41. The number of methoxy groups -OCH3 is 2. The SMILES string of the molecule is CCC[C@@H](C)C(=O)N1CCN(C[C@H](OCc2ccc(C(=O)OC)cc2)c2cccc(OC)c2)CC1. The standard InChI is InChI=1S/C28H38N2O5/c1-5-7-21(2)27(31)30-16-14-29(15-17-30)19-26(24-8-6-9-25(18-24)33-3)35-20-22-10-12-23(13-11-22)28(32)34-4/h6,8-13,18,21,26H,5,7,14-17,19-20H2,1-4H3/t21-,26+/m1/s1. The third-order valence-corrected chi connectivity index (χ3v) is 6.54. The number of hydrogen-bond acceptors (Lipinski definition) is 6. The number of amides is 1. The zero-order valence-electron chi connectivity index (χ0n) is 21.4. The predicted molar refractivity (Wildman–Crippen MR) is 135 cm³/mol. The highest BCUT2D eigenvalue weighted by molar-refractivity contribution is 5.89. The molecule has 0 N–H and O–H groups in total. The van der Waals surface area contributed by atoms with Crippen molar-refractivity contribution in [2.45, 2.75) is 39.4 Å². The van der Waals surface area contributed by atoms with Gasteiger partial charge in [-0.05, 0) is 41.8 Å². The summed E-state index contributed by atoms with van der Waals surface area (Å²) in [5.41, 5.74) is 2.54. The van der Waals surface area contributed by atoms with Gasteiger partial charge in [0.15, 0.2) is 0 Å². The second-order valence-electron chi connectivity index (χ2n) is 9.08. The summed E-state index contributed by atoms with van der Waals surface area (Å²) in [7, 11) is 3.03. The highest BCUT2D eigenvalue weighted by Gasteiger charge is 2.26. The lowest BCUT2D eigenvalue weighted by Gasteiger charge is -2.37. The van der Waals surface area contributed by atoms with E-state index in [0.717, 1.165) is 62.4 Å². The average molecular weight is 483 g/mol. The molecule has 0 spiro atoms. The normalized spacial score (nSPS) is 15.9. The molecule has 2 aromatic rings. The molecule has 0 bridgehead atoms. The van der Waals surface area contributed by atoms with Gasteiger partial charge in [-0.25, -0.2) is 4.79 Å². The zero-order valence-corrected chi connectivity index (χ0v) is 21.4. The number of rotatable bonds is 11. The highest BCUT2D eigenvalue weighted by Crippen LogP contribution is 2.25. The van der Waals surface area contributed by atoms with Crippen molar-refractivity contribution in [2.24, 2.45) is 5.92 Å². The van der Waals surface area contributed by atoms with E-state index < -0.39 is 0 Å². The summed E-state index contributed by atoms with van der Waals surface area (Å²) in [6.07, 6.45) is 1.80. The number of benzene rings is 2. The molecule has 1 aliphatic rings. The number of carbonyl (C=O) groups is 2. The molecular formula is C28H38N2O5. The molecule has 2 atom stereocenters. The second kappa shape index (κ2) is 13.3. The molecular weight excluding hydrogens is 444 g/mol. The minimum atomic E-state index is -0.353. The maximum atomic E-state index is 12.7. The first-order chi connectivity index (χ1) is 16.9. The molecule has 1 saturated heterocycles. The minimum absolute atomic E-state index is 0.0880. The largest absolute Gasteiger partial charge is 0.497 e. The Kier molecular flexibility index (Phi) is 10.1. The van der Waals surface area contributed by atoms with Crippen molar-refractivity contribution in [3.05, 3.63) is 65.2 Å². The van der Waals surface area contributed by atoms with Gasteiger partial charge in [0.2, 0.25) is 5.91 Å². The third kappa shape index (κ3) is 7.54. The number of ether oxygens (including phenoxy) is 3. The van der Waals surface area contributed by atoms with Crippen molar-refractivity contribution >= 4 is 11.9 Å². The van der Waals surface area contributed by atoms with Crippen LogP contribution in [0.3, 0.4) is 0 Å². The molecule has 190 valence electrons. The fourth-order valence-electron chi connectivity index (χ4n) is 4.40. The quantitative estimate of drug-likeness (QED) is 0.445. The van der Waals surface area contributed by atoms with Crippen LogP contribution in [0.2, 0.25) is 0 Å². The van der Waals surface area contributed by atoms with E-state index in [0.29, 0.717) is 12.2 Å². The van der Waals surface area contributed by atoms with Crippen LogP contribution in [0.1, 0.15) is 54.3 Å². The van der Waals surface area contributed by atoms with Gasteiger partial charge in [-0.15, -0.1) is 0 Å². The summed E-state index contributed by atoms with van der Waals surface area (Å²) in [6, 6.07) is 15.2. The lowest BCUT2D eigenvalue weighted by molar-refractivity contribution is -0.137. The molecule has 2 aromatic carbocycles. The molecule has 0 radical (unpaired) electrons. The summed E-state index contributed by atoms with van der Waals surface area (Å²) in [4.78, 5) is 28.8. The zero-order chi connectivity index (χ0) is 25.2. The molecule has 0 unspecified atom stereocenters. The second-order valence-corrected chi connectivity index (χ2v) is 9.08. The van der Waals surface area contributed by atoms with E-state index in [4.69, 9.17) is 14.2 Å². The van der Waals surface area contributed by atoms with E-state index >= 15 is 0 Å². The van der Waals surface area contributed by atoms with Crippen LogP contribution in [-0.4, -0.2) is 68.6 Å². The van der Waals surface area contributed by atoms with Crippen LogP contribution in [0.25, 0.3) is 0 Å². The van der Waals surface area contributed by atoms with E-state index in [1.54, 1.807) is 19.2 Å². The van der Waals surface area contributed by atoms with Crippen LogP contribution >= 0.6 is 0 Å². The van der Waals surface area contributed by atoms with Gasteiger partial charge in [0.1, 0.15) is 5.75 Å². The maximum absolute atomic E-state index is 12.7. The van der Waals surface area contributed by atoms with Crippen molar-refractivity contribution in [1.82, 2.24) is 9.80 Å². The van der Waals surface area contributed by atoms with Gasteiger partial charge >= 0.3 is 5.97 Å². The van der Waals surface area contributed by atoms with Gasteiger partial charge in [0.25, 0.3) is 0 Å². The number of esters is 1. The predicted octanol–water partition coefficient (Wildman–Crippen LogP) is 4.32. The lowest BCUT2D eigenvalue weighted by Crippen LogP contribution is -2.50. The van der Waals surface area contributed by atoms with Gasteiger partial charge in [-0.3, -0.25) is 9.69 Å². The summed E-state index contributed by atoms with van der Waals surface area (Å²) >= 11 is 0. The fourth-order valence-corrected chi connectivity index (χ4v) is 4.40. The van der Waals surface area contributed by atoms with Crippen molar-refractivity contribution < 1.29 is 23.8 Å². The maximum Gasteiger partial charge on any atom is 0.337 e. The van der Waals surface area contributed by atoms with E-state index in [1.165, 1.54) is 7.11 Å². The smallest absolute Gasteiger partial charge is 0.337 e. The molecule has 7 nitrogen and oxygen atoms in total. The molecule has 0 saturated carbocycles. The molecule has 7 heteroatoms. The lowest BCUT2D eigenvalue weighted by atomic mass is 10.0. The number of piperazine rings is 1. The molecule has 35 heavy (non-hydrogen) atoms.